The zero-order valence-corrected chi connectivity index (χ0v) is 15.7. The third-order valence-electron chi connectivity index (χ3n) is 6.20. The standard InChI is InChI=1S/C26H21N2/c1-3-7-23-18(5-1)9-11-20-17-21-12-10-19-6-2-4-8-24(19)26(21)28(25(20)23)22-13-15-27-16-14-22/h1-8,13-17H,9-12H2/q+1. The summed E-state index contributed by atoms with van der Waals surface area (Å²) in [6, 6.07) is 24.5. The summed E-state index contributed by atoms with van der Waals surface area (Å²) in [6.45, 7) is 0. The number of aromatic nitrogens is 2. The largest absolute Gasteiger partial charge is 0.264 e. The van der Waals surface area contributed by atoms with Crippen LogP contribution in [0.4, 0.5) is 0 Å². The quantitative estimate of drug-likeness (QED) is 0.441. The topological polar surface area (TPSA) is 16.8 Å². The van der Waals surface area contributed by atoms with E-state index in [0.717, 1.165) is 25.7 Å². The molecule has 0 saturated carbocycles. The van der Waals surface area contributed by atoms with Crippen molar-refractivity contribution in [2.45, 2.75) is 25.7 Å². The molecule has 134 valence electrons. The number of hydrogen-bond donors (Lipinski definition) is 0. The van der Waals surface area contributed by atoms with Crippen molar-refractivity contribution in [3.63, 3.8) is 0 Å². The van der Waals surface area contributed by atoms with E-state index in [1.807, 2.05) is 12.4 Å². The molecular formula is C26H21N2+. The van der Waals surface area contributed by atoms with Gasteiger partial charge in [0.25, 0.3) is 0 Å². The molecular weight excluding hydrogens is 340 g/mol. The molecule has 0 spiro atoms. The molecule has 2 nitrogen and oxygen atoms in total. The minimum Gasteiger partial charge on any atom is -0.264 e. The van der Waals surface area contributed by atoms with E-state index in [0.29, 0.717) is 0 Å². The fourth-order valence-electron chi connectivity index (χ4n) is 4.94. The van der Waals surface area contributed by atoms with Crippen molar-refractivity contribution in [3.8, 4) is 28.2 Å². The number of fused-ring (bicyclic) bond motifs is 6. The van der Waals surface area contributed by atoms with Crippen LogP contribution in [0, 0.1) is 0 Å². The van der Waals surface area contributed by atoms with E-state index in [-0.39, 0.29) is 0 Å². The Morgan fingerprint density at radius 2 is 1.07 bits per heavy atom. The average Bonchev–Trinajstić information content (AvgIpc) is 2.78. The zero-order chi connectivity index (χ0) is 18.5. The lowest BCUT2D eigenvalue weighted by atomic mass is 9.83. The van der Waals surface area contributed by atoms with Crippen LogP contribution in [0.15, 0.2) is 79.1 Å². The van der Waals surface area contributed by atoms with Gasteiger partial charge >= 0.3 is 0 Å². The molecule has 0 bridgehead atoms. The first-order chi connectivity index (χ1) is 13.9. The van der Waals surface area contributed by atoms with Crippen LogP contribution >= 0.6 is 0 Å². The molecule has 0 atom stereocenters. The maximum atomic E-state index is 4.27. The first-order valence-electron chi connectivity index (χ1n) is 10.1. The van der Waals surface area contributed by atoms with E-state index < -0.39 is 0 Å². The van der Waals surface area contributed by atoms with Crippen molar-refractivity contribution in [3.05, 3.63) is 101 Å². The number of nitrogens with zero attached hydrogens (tertiary/aromatic N) is 2. The van der Waals surface area contributed by atoms with Crippen LogP contribution in [0.1, 0.15) is 22.3 Å². The Kier molecular flexibility index (Phi) is 3.45. The Labute approximate surface area is 165 Å². The summed E-state index contributed by atoms with van der Waals surface area (Å²) >= 11 is 0. The Hall–Kier alpha value is -3.26. The molecule has 2 aliphatic carbocycles. The smallest absolute Gasteiger partial charge is 0.222 e. The molecule has 0 N–H and O–H groups in total. The third-order valence-corrected chi connectivity index (χ3v) is 6.20. The minimum atomic E-state index is 1.10. The number of aryl methyl sites for hydroxylation is 4. The van der Waals surface area contributed by atoms with Gasteiger partial charge in [-0.25, -0.2) is 0 Å². The highest BCUT2D eigenvalue weighted by Gasteiger charge is 2.34. The molecule has 2 heterocycles. The number of pyridine rings is 2. The van der Waals surface area contributed by atoms with Gasteiger partial charge in [-0.15, -0.1) is 0 Å². The molecule has 0 aliphatic heterocycles. The van der Waals surface area contributed by atoms with E-state index in [4.69, 9.17) is 0 Å². The second kappa shape index (κ2) is 6.13. The molecule has 2 aromatic heterocycles. The lowest BCUT2D eigenvalue weighted by molar-refractivity contribution is -0.573. The molecule has 28 heavy (non-hydrogen) atoms. The van der Waals surface area contributed by atoms with Gasteiger partial charge in [0.05, 0.1) is 11.1 Å². The number of hydrogen-bond acceptors (Lipinski definition) is 1. The maximum absolute atomic E-state index is 4.27. The molecule has 0 unspecified atom stereocenters. The van der Waals surface area contributed by atoms with Crippen molar-refractivity contribution >= 4 is 0 Å². The third kappa shape index (κ3) is 2.27. The van der Waals surface area contributed by atoms with E-state index in [1.165, 1.54) is 50.5 Å². The predicted octanol–water partition coefficient (Wildman–Crippen LogP) is 4.89. The highest BCUT2D eigenvalue weighted by molar-refractivity contribution is 5.74. The Bertz CT molecular complexity index is 1130. The summed E-state index contributed by atoms with van der Waals surface area (Å²) in [5.74, 6) is 0. The fourth-order valence-corrected chi connectivity index (χ4v) is 4.94. The van der Waals surface area contributed by atoms with E-state index >= 15 is 0 Å². The van der Waals surface area contributed by atoms with Crippen molar-refractivity contribution in [2.75, 3.05) is 0 Å². The van der Waals surface area contributed by atoms with Crippen LogP contribution in [0.5, 0.6) is 0 Å². The summed E-state index contributed by atoms with van der Waals surface area (Å²) in [5.41, 5.74) is 12.5. The van der Waals surface area contributed by atoms with E-state index in [1.54, 1.807) is 0 Å². The fraction of sp³-hybridized carbons (Fsp3) is 0.154. The monoisotopic (exact) mass is 361 g/mol. The Morgan fingerprint density at radius 3 is 1.64 bits per heavy atom. The molecule has 6 rings (SSSR count). The van der Waals surface area contributed by atoms with E-state index in [9.17, 15) is 0 Å². The van der Waals surface area contributed by atoms with Gasteiger partial charge in [0.1, 0.15) is 0 Å². The molecule has 2 aromatic carbocycles. The average molecular weight is 361 g/mol. The van der Waals surface area contributed by atoms with Crippen LogP contribution in [0.2, 0.25) is 0 Å². The lowest BCUT2D eigenvalue weighted by Gasteiger charge is -2.24. The molecule has 0 fully saturated rings. The summed E-state index contributed by atoms with van der Waals surface area (Å²) in [5, 5.41) is 0. The Morgan fingerprint density at radius 1 is 0.571 bits per heavy atom. The molecule has 4 aromatic rings. The molecule has 0 radical (unpaired) electrons. The summed E-state index contributed by atoms with van der Waals surface area (Å²) in [6.07, 6.45) is 8.25. The molecule has 0 saturated heterocycles. The van der Waals surface area contributed by atoms with Crippen molar-refractivity contribution in [2.24, 2.45) is 0 Å². The van der Waals surface area contributed by atoms with Gasteiger partial charge in [0, 0.05) is 35.7 Å². The van der Waals surface area contributed by atoms with Crippen LogP contribution in [-0.4, -0.2) is 4.98 Å². The second-order valence-electron chi connectivity index (χ2n) is 7.75. The second-order valence-corrected chi connectivity index (χ2v) is 7.75. The first-order valence-corrected chi connectivity index (χ1v) is 10.1. The van der Waals surface area contributed by atoms with Gasteiger partial charge in [-0.05, 0) is 55.0 Å². The highest BCUT2D eigenvalue weighted by atomic mass is 15.0. The van der Waals surface area contributed by atoms with Crippen molar-refractivity contribution in [1.29, 1.82) is 0 Å². The zero-order valence-electron chi connectivity index (χ0n) is 15.7. The lowest BCUT2D eigenvalue weighted by Crippen LogP contribution is -2.40. The predicted molar refractivity (Wildman–Crippen MR) is 111 cm³/mol. The first kappa shape index (κ1) is 15.8. The normalized spacial score (nSPS) is 13.9. The molecule has 2 heteroatoms. The summed E-state index contributed by atoms with van der Waals surface area (Å²) in [4.78, 5) is 4.27. The van der Waals surface area contributed by atoms with Gasteiger partial charge in [0.2, 0.25) is 17.1 Å². The van der Waals surface area contributed by atoms with E-state index in [2.05, 4.69) is 76.3 Å². The Balaban J connectivity index is 1.77. The van der Waals surface area contributed by atoms with Gasteiger partial charge in [-0.2, -0.15) is 4.57 Å². The maximum Gasteiger partial charge on any atom is 0.222 e. The minimum absolute atomic E-state index is 1.10. The molecule has 0 amide bonds. The highest BCUT2D eigenvalue weighted by Crippen LogP contribution is 2.38. The summed E-state index contributed by atoms with van der Waals surface area (Å²) in [7, 11) is 0. The van der Waals surface area contributed by atoms with Gasteiger partial charge in [-0.1, -0.05) is 36.4 Å². The molecule has 2 aliphatic rings. The van der Waals surface area contributed by atoms with Gasteiger partial charge < -0.3 is 0 Å². The van der Waals surface area contributed by atoms with Crippen LogP contribution in [0.3, 0.4) is 0 Å². The number of rotatable bonds is 1. The summed E-state index contributed by atoms with van der Waals surface area (Å²) < 4.78 is 2.50. The van der Waals surface area contributed by atoms with Crippen LogP contribution in [-0.2, 0) is 25.7 Å². The SMILES string of the molecule is c1ccc2c(c1)CCc1cc3c([n+](-c4ccncc4)c1-2)-c1ccccc1CC3. The van der Waals surface area contributed by atoms with Crippen LogP contribution < -0.4 is 4.57 Å². The van der Waals surface area contributed by atoms with Gasteiger partial charge in [0.15, 0.2) is 0 Å². The number of benzene rings is 2. The van der Waals surface area contributed by atoms with Gasteiger partial charge in [-0.3, -0.25) is 4.98 Å². The van der Waals surface area contributed by atoms with Crippen molar-refractivity contribution < 1.29 is 4.57 Å². The van der Waals surface area contributed by atoms with Crippen molar-refractivity contribution in [1.82, 2.24) is 4.98 Å². The van der Waals surface area contributed by atoms with Crippen LogP contribution in [0.25, 0.3) is 28.2 Å².